The summed E-state index contributed by atoms with van der Waals surface area (Å²) >= 11 is 6.93. The standard InChI is InChI=1S/C68H64Br2N4O4/c1-65(33-35-66(2,36-34-65)56-21-11-51(12-22-56)53-17-29-61(71-41-53)63-31-27-59(69)43-73-63)55-19-9-49(10-20-55)47-5-7-48(8-6-47)50-13-23-57(24-14-50)67(77-45-75-3)37-39-68(40-38-67,78-46-76-4)58-25-15-52(16-26-58)54-18-30-62(72-42-54)64-32-28-60(70)44-74-64/h5-32,41-44H,33-40,45-46H2,1-4H3. The van der Waals surface area contributed by atoms with Gasteiger partial charge in [-0.25, -0.2) is 0 Å². The number of hydrogen-bond acceptors (Lipinski definition) is 8. The molecule has 4 aromatic heterocycles. The number of nitrogens with zero attached hydrogens (tertiary/aromatic N) is 4. The minimum atomic E-state index is -0.536. The normalized spacial score (nSPS) is 21.3. The van der Waals surface area contributed by atoms with Crippen molar-refractivity contribution in [1.29, 1.82) is 0 Å². The largest absolute Gasteiger partial charge is 0.359 e. The van der Waals surface area contributed by atoms with Crippen molar-refractivity contribution in [2.75, 3.05) is 27.8 Å². The third-order valence-corrected chi connectivity index (χ3v) is 17.9. The van der Waals surface area contributed by atoms with Gasteiger partial charge in [0.1, 0.15) is 13.6 Å². The highest BCUT2D eigenvalue weighted by molar-refractivity contribution is 9.10. The number of aromatic nitrogens is 4. The van der Waals surface area contributed by atoms with Crippen molar-refractivity contribution in [2.24, 2.45) is 0 Å². The molecular weight excluding hydrogens is 1100 g/mol. The molecule has 0 saturated heterocycles. The van der Waals surface area contributed by atoms with Crippen LogP contribution in [0.2, 0.25) is 0 Å². The number of methoxy groups -OCH3 is 2. The molecule has 2 aliphatic rings. The van der Waals surface area contributed by atoms with Crippen LogP contribution in [0.1, 0.15) is 87.5 Å². The maximum absolute atomic E-state index is 6.66. The van der Waals surface area contributed by atoms with Crippen LogP contribution in [-0.4, -0.2) is 47.7 Å². The molecule has 11 rings (SSSR count). The van der Waals surface area contributed by atoms with Crippen molar-refractivity contribution in [1.82, 2.24) is 19.9 Å². The molecule has 0 aliphatic heterocycles. The highest BCUT2D eigenvalue weighted by Gasteiger charge is 2.47. The fourth-order valence-corrected chi connectivity index (χ4v) is 12.2. The van der Waals surface area contributed by atoms with Crippen LogP contribution >= 0.6 is 31.9 Å². The first-order valence-corrected chi connectivity index (χ1v) is 28.5. The summed E-state index contributed by atoms with van der Waals surface area (Å²) < 4.78 is 26.2. The molecule has 0 atom stereocenters. The molecule has 0 bridgehead atoms. The van der Waals surface area contributed by atoms with Crippen LogP contribution in [0.4, 0.5) is 0 Å². The van der Waals surface area contributed by atoms with Gasteiger partial charge in [-0.1, -0.05) is 147 Å². The lowest BCUT2D eigenvalue weighted by Gasteiger charge is -2.46. The van der Waals surface area contributed by atoms with Gasteiger partial charge in [-0.2, -0.15) is 0 Å². The van der Waals surface area contributed by atoms with E-state index in [4.69, 9.17) is 28.9 Å². The Morgan fingerprint density at radius 1 is 0.321 bits per heavy atom. The summed E-state index contributed by atoms with van der Waals surface area (Å²) in [7, 11) is 3.36. The first-order valence-electron chi connectivity index (χ1n) is 26.9. The van der Waals surface area contributed by atoms with E-state index in [1.807, 2.05) is 42.7 Å². The zero-order chi connectivity index (χ0) is 53.7. The van der Waals surface area contributed by atoms with Crippen LogP contribution < -0.4 is 0 Å². The van der Waals surface area contributed by atoms with Gasteiger partial charge in [-0.15, -0.1) is 0 Å². The molecule has 0 radical (unpaired) electrons. The summed E-state index contributed by atoms with van der Waals surface area (Å²) in [5.74, 6) is 0. The number of halogens is 2. The van der Waals surface area contributed by atoms with Crippen molar-refractivity contribution in [3.05, 3.63) is 226 Å². The third kappa shape index (κ3) is 11.4. The molecule has 10 heteroatoms. The van der Waals surface area contributed by atoms with Crippen molar-refractivity contribution in [2.45, 2.75) is 87.2 Å². The van der Waals surface area contributed by atoms with Gasteiger partial charge in [-0.3, -0.25) is 19.9 Å². The van der Waals surface area contributed by atoms with E-state index in [-0.39, 0.29) is 24.4 Å². The van der Waals surface area contributed by atoms with Crippen LogP contribution in [0, 0.1) is 0 Å². The Kier molecular flexibility index (Phi) is 15.8. The van der Waals surface area contributed by atoms with Crippen molar-refractivity contribution >= 4 is 31.9 Å². The quantitative estimate of drug-likeness (QED) is 0.0884. The zero-order valence-electron chi connectivity index (χ0n) is 44.7. The number of pyridine rings is 4. The second-order valence-electron chi connectivity index (χ2n) is 21.7. The lowest BCUT2D eigenvalue weighted by molar-refractivity contribution is -0.203. The van der Waals surface area contributed by atoms with Crippen LogP contribution in [0.3, 0.4) is 0 Å². The molecule has 0 amide bonds. The van der Waals surface area contributed by atoms with Crippen molar-refractivity contribution in [3.8, 4) is 67.3 Å². The molecule has 2 saturated carbocycles. The lowest BCUT2D eigenvalue weighted by atomic mass is 9.60. The summed E-state index contributed by atoms with van der Waals surface area (Å²) in [6.07, 6.45) is 15.0. The van der Waals surface area contributed by atoms with Gasteiger partial charge >= 0.3 is 0 Å². The van der Waals surface area contributed by atoms with E-state index in [2.05, 4.69) is 195 Å². The summed E-state index contributed by atoms with van der Waals surface area (Å²) in [5.41, 5.74) is 16.9. The first-order chi connectivity index (χ1) is 38.0. The number of ether oxygens (including phenoxy) is 4. The van der Waals surface area contributed by atoms with Crippen molar-refractivity contribution in [3.63, 3.8) is 0 Å². The Balaban J connectivity index is 0.714. The van der Waals surface area contributed by atoms with Gasteiger partial charge < -0.3 is 18.9 Å². The number of rotatable bonds is 16. The highest BCUT2D eigenvalue weighted by atomic mass is 79.9. The Bertz CT molecular complexity index is 3410. The van der Waals surface area contributed by atoms with Gasteiger partial charge in [0.15, 0.2) is 0 Å². The summed E-state index contributed by atoms with van der Waals surface area (Å²) in [5, 5.41) is 0. The van der Waals surface area contributed by atoms with Gasteiger partial charge in [0.2, 0.25) is 0 Å². The Morgan fingerprint density at radius 2 is 0.577 bits per heavy atom. The van der Waals surface area contributed by atoms with E-state index in [1.54, 1.807) is 26.6 Å². The second-order valence-corrected chi connectivity index (χ2v) is 23.5. The average Bonchev–Trinajstić information content (AvgIpc) is 3.65. The van der Waals surface area contributed by atoms with E-state index in [9.17, 15) is 0 Å². The minimum Gasteiger partial charge on any atom is -0.359 e. The smallest absolute Gasteiger partial charge is 0.147 e. The Labute approximate surface area is 476 Å². The monoisotopic (exact) mass is 1160 g/mol. The molecule has 4 heterocycles. The Hall–Kier alpha value is -6.50. The maximum atomic E-state index is 6.66. The maximum Gasteiger partial charge on any atom is 0.147 e. The molecule has 0 unspecified atom stereocenters. The molecule has 394 valence electrons. The van der Waals surface area contributed by atoms with Crippen LogP contribution in [0.25, 0.3) is 67.3 Å². The minimum absolute atomic E-state index is 0.135. The third-order valence-electron chi connectivity index (χ3n) is 16.9. The summed E-state index contributed by atoms with van der Waals surface area (Å²) in [6, 6.07) is 61.3. The fourth-order valence-electron chi connectivity index (χ4n) is 11.8. The van der Waals surface area contributed by atoms with E-state index in [1.165, 1.54) is 33.4 Å². The van der Waals surface area contributed by atoms with E-state index in [0.29, 0.717) is 0 Å². The summed E-state index contributed by atoms with van der Waals surface area (Å²) in [4.78, 5) is 18.4. The molecule has 0 spiro atoms. The first kappa shape index (κ1) is 53.5. The topological polar surface area (TPSA) is 88.5 Å². The van der Waals surface area contributed by atoms with Gasteiger partial charge in [-0.05, 0) is 186 Å². The van der Waals surface area contributed by atoms with Crippen LogP contribution in [0.15, 0.2) is 204 Å². The van der Waals surface area contributed by atoms with Crippen molar-refractivity contribution < 1.29 is 18.9 Å². The molecule has 8 nitrogen and oxygen atoms in total. The number of benzene rings is 5. The van der Waals surface area contributed by atoms with Crippen LogP contribution in [-0.2, 0) is 41.0 Å². The molecule has 0 N–H and O–H groups in total. The second kappa shape index (κ2) is 23.1. The molecule has 5 aromatic carbocycles. The van der Waals surface area contributed by atoms with Gasteiger partial charge in [0.05, 0.1) is 34.0 Å². The van der Waals surface area contributed by atoms with E-state index < -0.39 is 11.2 Å². The molecule has 78 heavy (non-hydrogen) atoms. The van der Waals surface area contributed by atoms with Crippen LogP contribution in [0.5, 0.6) is 0 Å². The molecular formula is C68H64Br2N4O4. The summed E-state index contributed by atoms with van der Waals surface area (Å²) in [6.45, 7) is 5.30. The molecule has 2 aliphatic carbocycles. The predicted molar refractivity (Wildman–Crippen MR) is 319 cm³/mol. The van der Waals surface area contributed by atoms with Gasteiger partial charge in [0, 0.05) is 59.1 Å². The van der Waals surface area contributed by atoms with E-state index in [0.717, 1.165) is 116 Å². The SMILES string of the molecule is COCOC1(c2ccc(-c3ccc(-c4ccc(C5(C)CCC(C)(c6ccc(-c7ccc(-c8ccc(Br)cn8)nc7)cc6)CC5)cc4)cc3)cc2)CCC(OCOC)(c2ccc(-c3ccc(-c4ccc(Br)cn4)nc3)cc2)CC1. The molecule has 9 aromatic rings. The average molecular weight is 1160 g/mol. The number of hydrogen-bond donors (Lipinski definition) is 0. The fraction of sp³-hybridized carbons (Fsp3) is 0.265. The van der Waals surface area contributed by atoms with Gasteiger partial charge in [0.25, 0.3) is 0 Å². The lowest BCUT2D eigenvalue weighted by Crippen LogP contribution is -2.43. The zero-order valence-corrected chi connectivity index (χ0v) is 47.9. The predicted octanol–water partition coefficient (Wildman–Crippen LogP) is 17.5. The highest BCUT2D eigenvalue weighted by Crippen LogP contribution is 2.51. The molecule has 2 fully saturated rings. The van der Waals surface area contributed by atoms with E-state index >= 15 is 0 Å². The Morgan fingerprint density at radius 3 is 0.846 bits per heavy atom.